The van der Waals surface area contributed by atoms with Crippen LogP contribution in [-0.2, 0) is 17.6 Å². The lowest BCUT2D eigenvalue weighted by atomic mass is 9.89. The van der Waals surface area contributed by atoms with Crippen LogP contribution in [0.3, 0.4) is 0 Å². The van der Waals surface area contributed by atoms with Gasteiger partial charge in [0.25, 0.3) is 0 Å². The van der Waals surface area contributed by atoms with E-state index in [1.807, 2.05) is 0 Å². The molecule has 6 heteroatoms. The summed E-state index contributed by atoms with van der Waals surface area (Å²) in [5.74, 6) is 0. The fourth-order valence-corrected chi connectivity index (χ4v) is 7.49. The lowest BCUT2D eigenvalue weighted by Crippen LogP contribution is -2.15. The van der Waals surface area contributed by atoms with Crippen molar-refractivity contribution in [2.24, 2.45) is 15.0 Å². The van der Waals surface area contributed by atoms with Crippen LogP contribution < -0.4 is 0 Å². The molecular weight excluding hydrogens is 544 g/mol. The van der Waals surface area contributed by atoms with E-state index < -0.39 is 0 Å². The van der Waals surface area contributed by atoms with Crippen LogP contribution in [-0.4, -0.2) is 33.5 Å². The Morgan fingerprint density at radius 3 is 1.61 bits per heavy atom. The van der Waals surface area contributed by atoms with Gasteiger partial charge in [-0.2, -0.15) is 0 Å². The van der Waals surface area contributed by atoms with Crippen molar-refractivity contribution in [2.75, 3.05) is 0 Å². The average Bonchev–Trinajstić information content (AvgIpc) is 3.77. The van der Waals surface area contributed by atoms with E-state index in [-0.39, 0.29) is 0 Å². The number of hydrogen-bond donors (Lipinski definition) is 2. The number of aliphatic hydroxyl groups excluding tert-OH is 1. The zero-order chi connectivity index (χ0) is 31.7. The number of carbonyl (C=O) groups excluding carboxylic acids is 1. The van der Waals surface area contributed by atoms with Crippen LogP contribution in [0.2, 0.25) is 0 Å². The van der Waals surface area contributed by atoms with Gasteiger partial charge in [0.1, 0.15) is 0 Å². The van der Waals surface area contributed by atoms with Crippen LogP contribution in [0.4, 0.5) is 0 Å². The van der Waals surface area contributed by atoms with Crippen LogP contribution in [0.5, 0.6) is 0 Å². The standard InChI is InChI=1S/C38H46N4O2/c1-9-21-25(13-5)35-29(19-43)36-27(15-7)23(11-3)33(41-36)18-34-24(12-4)28(16-8)38(42-34)30(20-44)37-26(14-6)22(10-2)32(40-37)17-31(21)39-35/h17-20,39,44H,9-16H2,1-8H3/b30-20+,32-17?,34-18?,36-29?. The van der Waals surface area contributed by atoms with Crippen LogP contribution in [0.25, 0.3) is 11.6 Å². The molecular formula is C38H46N4O2. The maximum absolute atomic E-state index is 13.0. The summed E-state index contributed by atoms with van der Waals surface area (Å²) in [5.41, 5.74) is 17.3. The van der Waals surface area contributed by atoms with E-state index >= 15 is 0 Å². The zero-order valence-electron chi connectivity index (χ0n) is 27.7. The van der Waals surface area contributed by atoms with Gasteiger partial charge < -0.3 is 10.1 Å². The van der Waals surface area contributed by atoms with E-state index in [0.29, 0.717) is 11.1 Å². The van der Waals surface area contributed by atoms with Crippen molar-refractivity contribution in [3.63, 3.8) is 0 Å². The number of fused-ring (bicyclic) bond motifs is 5. The number of aromatic amines is 1. The molecule has 0 spiro atoms. The molecule has 0 saturated heterocycles. The first kappa shape index (κ1) is 31.4. The molecule has 0 radical (unpaired) electrons. The van der Waals surface area contributed by atoms with Crippen molar-refractivity contribution in [1.82, 2.24) is 4.98 Å². The van der Waals surface area contributed by atoms with Crippen LogP contribution in [0.15, 0.2) is 83.4 Å². The molecule has 4 aliphatic heterocycles. The Kier molecular flexibility index (Phi) is 9.19. The maximum atomic E-state index is 13.0. The van der Waals surface area contributed by atoms with Crippen LogP contribution >= 0.6 is 0 Å². The third kappa shape index (κ3) is 4.79. The molecule has 1 aromatic rings. The number of nitrogens with zero attached hydrogens (tertiary/aromatic N) is 3. The largest absolute Gasteiger partial charge is 0.515 e. The summed E-state index contributed by atoms with van der Waals surface area (Å²) in [7, 11) is 0. The molecule has 0 amide bonds. The molecule has 0 fully saturated rings. The smallest absolute Gasteiger partial charge is 0.154 e. The van der Waals surface area contributed by atoms with Crippen molar-refractivity contribution >= 4 is 35.1 Å². The molecule has 6 nitrogen and oxygen atoms in total. The molecule has 2 N–H and O–H groups in total. The second-order valence-electron chi connectivity index (χ2n) is 11.5. The second kappa shape index (κ2) is 12.9. The Morgan fingerprint density at radius 2 is 1.16 bits per heavy atom. The number of nitrogens with one attached hydrogen (secondary N) is 1. The normalized spacial score (nSPS) is 19.3. The number of aldehydes is 1. The van der Waals surface area contributed by atoms with E-state index in [2.05, 4.69) is 72.5 Å². The Morgan fingerprint density at radius 1 is 0.636 bits per heavy atom. The minimum Gasteiger partial charge on any atom is -0.515 e. The molecule has 0 aromatic carbocycles. The molecule has 1 aromatic heterocycles. The van der Waals surface area contributed by atoms with E-state index in [9.17, 15) is 9.90 Å². The van der Waals surface area contributed by atoms with Gasteiger partial charge in [0.15, 0.2) is 6.29 Å². The van der Waals surface area contributed by atoms with Crippen LogP contribution in [0.1, 0.15) is 116 Å². The third-order valence-corrected chi connectivity index (χ3v) is 9.49. The summed E-state index contributed by atoms with van der Waals surface area (Å²) in [4.78, 5) is 32.3. The number of rotatable bonds is 9. The Balaban J connectivity index is 1.97. The predicted molar refractivity (Wildman–Crippen MR) is 184 cm³/mol. The molecule has 8 bridgehead atoms. The fraction of sp³-hybridized carbons (Fsp3) is 0.421. The summed E-state index contributed by atoms with van der Waals surface area (Å²) in [5, 5.41) is 10.8. The Bertz CT molecular complexity index is 1740. The predicted octanol–water partition coefficient (Wildman–Crippen LogP) is 9.44. The van der Waals surface area contributed by atoms with Gasteiger partial charge in [0.05, 0.1) is 57.3 Å². The number of H-pyrrole nitrogens is 1. The monoisotopic (exact) mass is 590 g/mol. The van der Waals surface area contributed by atoms with Gasteiger partial charge in [0.2, 0.25) is 0 Å². The molecule has 0 aliphatic carbocycles. The maximum Gasteiger partial charge on any atom is 0.154 e. The summed E-state index contributed by atoms with van der Waals surface area (Å²) >= 11 is 0. The van der Waals surface area contributed by atoms with E-state index in [1.165, 1.54) is 17.4 Å². The fourth-order valence-electron chi connectivity index (χ4n) is 7.49. The number of aromatic nitrogens is 1. The highest BCUT2D eigenvalue weighted by atomic mass is 16.2. The summed E-state index contributed by atoms with van der Waals surface area (Å²) in [6.07, 6.45) is 12.8. The number of allylic oxidation sites excluding steroid dienone is 9. The first-order chi connectivity index (χ1) is 21.4. The Labute approximate surface area is 262 Å². The molecule has 5 rings (SSSR count). The van der Waals surface area contributed by atoms with Crippen molar-refractivity contribution < 1.29 is 9.90 Å². The topological polar surface area (TPSA) is 90.2 Å². The van der Waals surface area contributed by atoms with Gasteiger partial charge in [-0.1, -0.05) is 55.4 Å². The number of aliphatic hydroxyl groups is 1. The highest BCUT2D eigenvalue weighted by Gasteiger charge is 2.33. The first-order valence-electron chi connectivity index (χ1n) is 16.6. The number of carbonyl (C=O) groups is 1. The molecule has 5 heterocycles. The SMILES string of the molecule is CCC1=C(CC)C2=NC1=CC1=NC(=C(C=O)c3[nH]c(c(CC)c3CC)C=C3N=C(C(CC)=C3CC)/C2=C\O)C(CC)=C1CC. The van der Waals surface area contributed by atoms with Crippen molar-refractivity contribution in [3.05, 3.63) is 91.0 Å². The van der Waals surface area contributed by atoms with Crippen molar-refractivity contribution in [2.45, 2.75) is 107 Å². The van der Waals surface area contributed by atoms with Gasteiger partial charge in [-0.25, -0.2) is 15.0 Å². The van der Waals surface area contributed by atoms with Gasteiger partial charge in [-0.3, -0.25) is 4.79 Å². The van der Waals surface area contributed by atoms with E-state index in [0.717, 1.165) is 137 Å². The lowest BCUT2D eigenvalue weighted by Gasteiger charge is -2.12. The van der Waals surface area contributed by atoms with E-state index in [4.69, 9.17) is 15.0 Å². The van der Waals surface area contributed by atoms with Gasteiger partial charge >= 0.3 is 0 Å². The summed E-state index contributed by atoms with van der Waals surface area (Å²) in [6.45, 7) is 17.2. The van der Waals surface area contributed by atoms with Crippen molar-refractivity contribution in [3.8, 4) is 0 Å². The second-order valence-corrected chi connectivity index (χ2v) is 11.5. The molecule has 4 aliphatic rings. The first-order valence-corrected chi connectivity index (χ1v) is 16.6. The van der Waals surface area contributed by atoms with Crippen molar-refractivity contribution in [1.29, 1.82) is 0 Å². The van der Waals surface area contributed by atoms with Gasteiger partial charge in [-0.05, 0) is 108 Å². The highest BCUT2D eigenvalue weighted by molar-refractivity contribution is 6.37. The third-order valence-electron chi connectivity index (χ3n) is 9.49. The molecule has 44 heavy (non-hydrogen) atoms. The molecule has 0 saturated carbocycles. The average molecular weight is 591 g/mol. The molecule has 230 valence electrons. The quantitative estimate of drug-likeness (QED) is 0.222. The molecule has 0 unspecified atom stereocenters. The van der Waals surface area contributed by atoms with Gasteiger partial charge in [-0.15, -0.1) is 0 Å². The number of aliphatic imine (C=N–C) groups is 3. The highest BCUT2D eigenvalue weighted by Crippen LogP contribution is 2.42. The number of hydrogen-bond acceptors (Lipinski definition) is 5. The lowest BCUT2D eigenvalue weighted by molar-refractivity contribution is -0.103. The summed E-state index contributed by atoms with van der Waals surface area (Å²) in [6, 6.07) is 0. The van der Waals surface area contributed by atoms with E-state index in [1.54, 1.807) is 0 Å². The minimum atomic E-state index is 0.613. The van der Waals surface area contributed by atoms with Crippen LogP contribution in [0, 0.1) is 0 Å². The Hall–Kier alpha value is -4.06. The zero-order valence-corrected chi connectivity index (χ0v) is 27.7. The minimum absolute atomic E-state index is 0.613. The summed E-state index contributed by atoms with van der Waals surface area (Å²) < 4.78 is 0. The van der Waals surface area contributed by atoms with Gasteiger partial charge in [0, 0.05) is 5.69 Å². The molecule has 0 atom stereocenters.